The summed E-state index contributed by atoms with van der Waals surface area (Å²) in [6, 6.07) is 0. The second-order valence-electron chi connectivity index (χ2n) is 5.36. The third kappa shape index (κ3) is 16.8. The molecule has 124 valence electrons. The topological polar surface area (TPSA) is 91.3 Å². The maximum Gasteiger partial charge on any atom is 0.329 e. The SMILES string of the molecule is CC(C)(C)OC(=O)CCCOCCOCCOCC(=O)O. The van der Waals surface area contributed by atoms with Crippen molar-refractivity contribution < 1.29 is 33.6 Å². The van der Waals surface area contributed by atoms with Crippen LogP contribution in [0.25, 0.3) is 0 Å². The molecule has 0 radical (unpaired) electrons. The second-order valence-corrected chi connectivity index (χ2v) is 5.36. The van der Waals surface area contributed by atoms with Crippen LogP contribution in [0.3, 0.4) is 0 Å². The largest absolute Gasteiger partial charge is 0.480 e. The lowest BCUT2D eigenvalue weighted by atomic mass is 10.2. The Labute approximate surface area is 125 Å². The van der Waals surface area contributed by atoms with Crippen LogP contribution in [-0.2, 0) is 28.5 Å². The van der Waals surface area contributed by atoms with Gasteiger partial charge >= 0.3 is 11.9 Å². The molecular weight excluding hydrogens is 280 g/mol. The van der Waals surface area contributed by atoms with Gasteiger partial charge in [0, 0.05) is 13.0 Å². The first kappa shape index (κ1) is 19.8. The van der Waals surface area contributed by atoms with Gasteiger partial charge in [0.15, 0.2) is 0 Å². The number of carbonyl (C=O) groups excluding carboxylic acids is 1. The maximum atomic E-state index is 11.4. The van der Waals surface area contributed by atoms with Crippen molar-refractivity contribution in [2.24, 2.45) is 0 Å². The highest BCUT2D eigenvalue weighted by Crippen LogP contribution is 2.08. The molecule has 0 spiro atoms. The molecule has 0 aromatic rings. The van der Waals surface area contributed by atoms with Gasteiger partial charge in [0.05, 0.1) is 26.4 Å². The Balaban J connectivity index is 3.22. The molecule has 1 N–H and O–H groups in total. The van der Waals surface area contributed by atoms with Crippen molar-refractivity contribution in [2.75, 3.05) is 39.6 Å². The van der Waals surface area contributed by atoms with Crippen LogP contribution in [0, 0.1) is 0 Å². The van der Waals surface area contributed by atoms with Gasteiger partial charge in [-0.15, -0.1) is 0 Å². The monoisotopic (exact) mass is 306 g/mol. The number of ether oxygens (including phenoxy) is 4. The summed E-state index contributed by atoms with van der Waals surface area (Å²) in [6.07, 6.45) is 0.942. The maximum absolute atomic E-state index is 11.4. The van der Waals surface area contributed by atoms with Crippen molar-refractivity contribution in [3.05, 3.63) is 0 Å². The molecule has 7 heteroatoms. The van der Waals surface area contributed by atoms with E-state index in [0.29, 0.717) is 39.3 Å². The van der Waals surface area contributed by atoms with Crippen molar-refractivity contribution in [1.29, 1.82) is 0 Å². The van der Waals surface area contributed by atoms with E-state index < -0.39 is 11.6 Å². The van der Waals surface area contributed by atoms with Gasteiger partial charge in [-0.25, -0.2) is 4.79 Å². The van der Waals surface area contributed by atoms with E-state index in [1.807, 2.05) is 20.8 Å². The molecule has 0 rings (SSSR count). The number of carboxylic acids is 1. The zero-order chi connectivity index (χ0) is 16.1. The van der Waals surface area contributed by atoms with E-state index in [2.05, 4.69) is 0 Å². The predicted octanol–water partition coefficient (Wildman–Crippen LogP) is 1.24. The highest BCUT2D eigenvalue weighted by atomic mass is 16.6. The number of rotatable bonds is 12. The van der Waals surface area contributed by atoms with Gasteiger partial charge in [-0.1, -0.05) is 0 Å². The summed E-state index contributed by atoms with van der Waals surface area (Å²) in [5, 5.41) is 8.32. The third-order valence-corrected chi connectivity index (χ3v) is 2.06. The fourth-order valence-electron chi connectivity index (χ4n) is 1.31. The summed E-state index contributed by atoms with van der Waals surface area (Å²) < 4.78 is 20.4. The van der Waals surface area contributed by atoms with Gasteiger partial charge in [0.25, 0.3) is 0 Å². The summed E-state index contributed by atoms with van der Waals surface area (Å²) >= 11 is 0. The van der Waals surface area contributed by atoms with E-state index in [4.69, 9.17) is 24.1 Å². The second kappa shape index (κ2) is 11.5. The molecule has 21 heavy (non-hydrogen) atoms. The van der Waals surface area contributed by atoms with Crippen LogP contribution in [-0.4, -0.2) is 62.3 Å². The molecule has 0 heterocycles. The zero-order valence-corrected chi connectivity index (χ0v) is 13.1. The minimum atomic E-state index is -0.997. The lowest BCUT2D eigenvalue weighted by Crippen LogP contribution is -2.23. The Kier molecular flexibility index (Phi) is 10.8. The Morgan fingerprint density at radius 1 is 0.905 bits per heavy atom. The summed E-state index contributed by atoms with van der Waals surface area (Å²) in [6.45, 7) is 7.05. The number of hydrogen-bond donors (Lipinski definition) is 1. The molecule has 0 aromatic heterocycles. The summed E-state index contributed by atoms with van der Waals surface area (Å²) in [5.41, 5.74) is -0.450. The number of esters is 1. The van der Waals surface area contributed by atoms with Crippen LogP contribution < -0.4 is 0 Å². The summed E-state index contributed by atoms with van der Waals surface area (Å²) in [4.78, 5) is 21.5. The van der Waals surface area contributed by atoms with Gasteiger partial charge in [0.2, 0.25) is 0 Å². The Bertz CT molecular complexity index is 296. The number of hydrogen-bond acceptors (Lipinski definition) is 6. The molecule has 0 aliphatic rings. The number of carbonyl (C=O) groups is 2. The number of carboxylic acid groups (broad SMARTS) is 1. The van der Waals surface area contributed by atoms with E-state index in [1.54, 1.807) is 0 Å². The highest BCUT2D eigenvalue weighted by Gasteiger charge is 2.15. The summed E-state index contributed by atoms with van der Waals surface area (Å²) in [7, 11) is 0. The zero-order valence-electron chi connectivity index (χ0n) is 13.1. The van der Waals surface area contributed by atoms with Gasteiger partial charge in [-0.2, -0.15) is 0 Å². The number of aliphatic carboxylic acids is 1. The first-order valence-electron chi connectivity index (χ1n) is 6.98. The molecule has 7 nitrogen and oxygen atoms in total. The molecule has 0 unspecified atom stereocenters. The smallest absolute Gasteiger partial charge is 0.329 e. The van der Waals surface area contributed by atoms with Gasteiger partial charge in [-0.3, -0.25) is 4.79 Å². The van der Waals surface area contributed by atoms with Crippen LogP contribution in [0.1, 0.15) is 33.6 Å². The Morgan fingerprint density at radius 3 is 1.95 bits per heavy atom. The van der Waals surface area contributed by atoms with Crippen LogP contribution in [0.15, 0.2) is 0 Å². The molecule has 0 aliphatic heterocycles. The van der Waals surface area contributed by atoms with E-state index in [1.165, 1.54) is 0 Å². The molecule has 0 saturated heterocycles. The molecule has 0 bridgehead atoms. The van der Waals surface area contributed by atoms with Crippen molar-refractivity contribution >= 4 is 11.9 Å². The van der Waals surface area contributed by atoms with E-state index in [9.17, 15) is 9.59 Å². The van der Waals surface area contributed by atoms with Crippen LogP contribution in [0.4, 0.5) is 0 Å². The van der Waals surface area contributed by atoms with Crippen LogP contribution >= 0.6 is 0 Å². The standard InChI is InChI=1S/C14H26O7/c1-14(2,3)21-13(17)5-4-6-18-7-8-19-9-10-20-11-12(15)16/h4-11H2,1-3H3,(H,15,16). The minimum absolute atomic E-state index is 0.224. The van der Waals surface area contributed by atoms with E-state index in [0.717, 1.165) is 0 Å². The molecule has 0 fully saturated rings. The van der Waals surface area contributed by atoms with Crippen LogP contribution in [0.5, 0.6) is 0 Å². The van der Waals surface area contributed by atoms with Gasteiger partial charge < -0.3 is 24.1 Å². The fourth-order valence-corrected chi connectivity index (χ4v) is 1.31. The average Bonchev–Trinajstić information content (AvgIpc) is 2.33. The molecule has 0 atom stereocenters. The Morgan fingerprint density at radius 2 is 1.43 bits per heavy atom. The summed E-state index contributed by atoms with van der Waals surface area (Å²) in [5.74, 6) is -1.22. The average molecular weight is 306 g/mol. The lowest BCUT2D eigenvalue weighted by molar-refractivity contribution is -0.155. The first-order chi connectivity index (χ1) is 9.81. The predicted molar refractivity (Wildman–Crippen MR) is 75.2 cm³/mol. The van der Waals surface area contributed by atoms with Gasteiger partial charge in [-0.05, 0) is 27.2 Å². The normalized spacial score (nSPS) is 11.4. The molecular formula is C14H26O7. The van der Waals surface area contributed by atoms with Crippen LogP contribution in [0.2, 0.25) is 0 Å². The fraction of sp³-hybridized carbons (Fsp3) is 0.857. The molecule has 0 aromatic carbocycles. The third-order valence-electron chi connectivity index (χ3n) is 2.06. The van der Waals surface area contributed by atoms with Crippen molar-refractivity contribution in [1.82, 2.24) is 0 Å². The van der Waals surface area contributed by atoms with Crippen molar-refractivity contribution in [3.63, 3.8) is 0 Å². The molecule has 0 amide bonds. The molecule has 0 saturated carbocycles. The van der Waals surface area contributed by atoms with E-state index >= 15 is 0 Å². The Hall–Kier alpha value is -1.18. The van der Waals surface area contributed by atoms with Gasteiger partial charge in [0.1, 0.15) is 12.2 Å². The van der Waals surface area contributed by atoms with Crippen molar-refractivity contribution in [3.8, 4) is 0 Å². The minimum Gasteiger partial charge on any atom is -0.480 e. The first-order valence-corrected chi connectivity index (χ1v) is 6.98. The van der Waals surface area contributed by atoms with E-state index in [-0.39, 0.29) is 19.2 Å². The lowest BCUT2D eigenvalue weighted by Gasteiger charge is -2.19. The highest BCUT2D eigenvalue weighted by molar-refractivity contribution is 5.69. The van der Waals surface area contributed by atoms with Crippen molar-refractivity contribution in [2.45, 2.75) is 39.2 Å². The quantitative estimate of drug-likeness (QED) is 0.428. The molecule has 0 aliphatic carbocycles.